The lowest BCUT2D eigenvalue weighted by atomic mass is 9.96. The molecule has 2 aliphatic rings. The number of oxime groups is 1. The van der Waals surface area contributed by atoms with Gasteiger partial charge in [-0.1, -0.05) is 11.2 Å². The first-order valence-electron chi connectivity index (χ1n) is 7.57. The van der Waals surface area contributed by atoms with Gasteiger partial charge < -0.3 is 15.8 Å². The zero-order chi connectivity index (χ0) is 14.8. The molecule has 21 heavy (non-hydrogen) atoms. The van der Waals surface area contributed by atoms with E-state index in [4.69, 9.17) is 10.9 Å². The molecule has 3 rings (SSSR count). The second kappa shape index (κ2) is 5.76. The van der Waals surface area contributed by atoms with Crippen molar-refractivity contribution in [1.29, 1.82) is 0 Å². The normalized spacial score (nSPS) is 22.2. The molecule has 5 heteroatoms. The van der Waals surface area contributed by atoms with Crippen molar-refractivity contribution >= 4 is 11.7 Å². The van der Waals surface area contributed by atoms with Crippen molar-refractivity contribution in [3.8, 4) is 0 Å². The zero-order valence-electron chi connectivity index (χ0n) is 12.1. The number of carbonyl (C=O) groups is 1. The molecule has 5 nitrogen and oxygen atoms in total. The second-order valence-corrected chi connectivity index (χ2v) is 5.95. The molecule has 1 saturated heterocycles. The summed E-state index contributed by atoms with van der Waals surface area (Å²) in [5.41, 5.74) is 9.13. The summed E-state index contributed by atoms with van der Waals surface area (Å²) in [5.74, 6) is 0.240. The number of aryl methyl sites for hydroxylation is 2. The van der Waals surface area contributed by atoms with Gasteiger partial charge in [0.2, 0.25) is 0 Å². The minimum absolute atomic E-state index is 0.0397. The van der Waals surface area contributed by atoms with E-state index in [0.29, 0.717) is 6.54 Å². The van der Waals surface area contributed by atoms with Crippen molar-refractivity contribution in [3.63, 3.8) is 0 Å². The Labute approximate surface area is 124 Å². The quantitative estimate of drug-likeness (QED) is 0.376. The van der Waals surface area contributed by atoms with Gasteiger partial charge in [-0.25, -0.2) is 0 Å². The van der Waals surface area contributed by atoms with Crippen LogP contribution < -0.4 is 5.73 Å². The maximum Gasteiger partial charge on any atom is 0.253 e. The summed E-state index contributed by atoms with van der Waals surface area (Å²) < 4.78 is 0. The van der Waals surface area contributed by atoms with E-state index in [0.717, 1.165) is 37.8 Å². The number of rotatable bonds is 2. The van der Waals surface area contributed by atoms with Gasteiger partial charge in [0.1, 0.15) is 5.84 Å². The van der Waals surface area contributed by atoms with Gasteiger partial charge >= 0.3 is 0 Å². The summed E-state index contributed by atoms with van der Waals surface area (Å²) in [6, 6.07) is 6.05. The van der Waals surface area contributed by atoms with E-state index in [1.807, 2.05) is 17.0 Å². The maximum atomic E-state index is 12.6. The molecule has 1 fully saturated rings. The standard InChI is InChI=1S/C16H21N3O2/c17-15(18-21)14-5-2-8-19(10-14)16(20)13-7-6-11-3-1-4-12(11)9-13/h6-7,9,14,21H,1-5,8,10H2,(H2,17,18). The summed E-state index contributed by atoms with van der Waals surface area (Å²) in [6.45, 7) is 1.27. The molecule has 0 spiro atoms. The molecule has 0 bridgehead atoms. The third-order valence-corrected chi connectivity index (χ3v) is 4.59. The van der Waals surface area contributed by atoms with E-state index in [1.165, 1.54) is 17.5 Å². The molecule has 1 aliphatic carbocycles. The molecule has 0 aromatic heterocycles. The van der Waals surface area contributed by atoms with Crippen LogP contribution in [0.2, 0.25) is 0 Å². The molecule has 0 radical (unpaired) electrons. The van der Waals surface area contributed by atoms with Crippen molar-refractivity contribution in [2.45, 2.75) is 32.1 Å². The number of hydrogen-bond acceptors (Lipinski definition) is 3. The predicted octanol–water partition coefficient (Wildman–Crippen LogP) is 1.77. The first kappa shape index (κ1) is 13.9. The van der Waals surface area contributed by atoms with E-state index in [2.05, 4.69) is 11.2 Å². The summed E-state index contributed by atoms with van der Waals surface area (Å²) >= 11 is 0. The third kappa shape index (κ3) is 2.73. The molecule has 1 amide bonds. The van der Waals surface area contributed by atoms with Gasteiger partial charge in [0.05, 0.1) is 0 Å². The van der Waals surface area contributed by atoms with Gasteiger partial charge in [0, 0.05) is 24.6 Å². The highest BCUT2D eigenvalue weighted by Crippen LogP contribution is 2.24. The first-order valence-corrected chi connectivity index (χ1v) is 7.57. The van der Waals surface area contributed by atoms with Crippen LogP contribution in [0.15, 0.2) is 23.4 Å². The van der Waals surface area contributed by atoms with E-state index in [1.54, 1.807) is 0 Å². The largest absolute Gasteiger partial charge is 0.409 e. The maximum absolute atomic E-state index is 12.6. The number of likely N-dealkylation sites (tertiary alicyclic amines) is 1. The molecule has 0 saturated carbocycles. The van der Waals surface area contributed by atoms with Crippen LogP contribution in [0.1, 0.15) is 40.7 Å². The van der Waals surface area contributed by atoms with Gasteiger partial charge in [-0.2, -0.15) is 0 Å². The number of carbonyl (C=O) groups excluding carboxylic acids is 1. The van der Waals surface area contributed by atoms with Gasteiger partial charge in [0.15, 0.2) is 0 Å². The van der Waals surface area contributed by atoms with Gasteiger partial charge in [-0.05, 0) is 55.4 Å². The fraction of sp³-hybridized carbons (Fsp3) is 0.500. The van der Waals surface area contributed by atoms with Crippen LogP contribution in [-0.4, -0.2) is 34.9 Å². The summed E-state index contributed by atoms with van der Waals surface area (Å²) in [5, 5.41) is 11.9. The van der Waals surface area contributed by atoms with E-state index < -0.39 is 0 Å². The van der Waals surface area contributed by atoms with Crippen LogP contribution in [0.25, 0.3) is 0 Å². The fourth-order valence-corrected chi connectivity index (χ4v) is 3.37. The number of amidine groups is 1. The Bertz CT molecular complexity index is 583. The van der Waals surface area contributed by atoms with Gasteiger partial charge in [-0.15, -0.1) is 0 Å². The van der Waals surface area contributed by atoms with Crippen molar-refractivity contribution in [3.05, 3.63) is 34.9 Å². The molecule has 3 N–H and O–H groups in total. The second-order valence-electron chi connectivity index (χ2n) is 5.95. The summed E-state index contributed by atoms with van der Waals surface area (Å²) in [4.78, 5) is 14.5. The molecule has 112 valence electrons. The minimum atomic E-state index is -0.0397. The highest BCUT2D eigenvalue weighted by molar-refractivity contribution is 5.95. The molecule has 1 aliphatic heterocycles. The first-order chi connectivity index (χ1) is 10.2. The number of benzene rings is 1. The van der Waals surface area contributed by atoms with Crippen LogP contribution in [0.5, 0.6) is 0 Å². The number of nitrogens with two attached hydrogens (primary N) is 1. The summed E-state index contributed by atoms with van der Waals surface area (Å²) in [7, 11) is 0. The van der Waals surface area contributed by atoms with Crippen LogP contribution in [0.4, 0.5) is 0 Å². The smallest absolute Gasteiger partial charge is 0.253 e. The average molecular weight is 287 g/mol. The predicted molar refractivity (Wildman–Crippen MR) is 80.5 cm³/mol. The zero-order valence-corrected chi connectivity index (χ0v) is 12.1. The lowest BCUT2D eigenvalue weighted by Gasteiger charge is -2.32. The van der Waals surface area contributed by atoms with Crippen molar-refractivity contribution < 1.29 is 10.0 Å². The topological polar surface area (TPSA) is 78.9 Å². The average Bonchev–Trinajstić information content (AvgIpc) is 3.01. The molecule has 1 aromatic carbocycles. The number of nitrogens with zero attached hydrogens (tertiary/aromatic N) is 2. The lowest BCUT2D eigenvalue weighted by Crippen LogP contribution is -2.44. The Morgan fingerprint density at radius 2 is 2.10 bits per heavy atom. The van der Waals surface area contributed by atoms with E-state index in [-0.39, 0.29) is 17.7 Å². The van der Waals surface area contributed by atoms with Crippen LogP contribution >= 0.6 is 0 Å². The highest BCUT2D eigenvalue weighted by atomic mass is 16.4. The number of piperidine rings is 1. The van der Waals surface area contributed by atoms with Gasteiger partial charge in [-0.3, -0.25) is 4.79 Å². The Morgan fingerprint density at radius 1 is 1.29 bits per heavy atom. The van der Waals surface area contributed by atoms with Crippen molar-refractivity contribution in [2.24, 2.45) is 16.8 Å². The molecular formula is C16H21N3O2. The lowest BCUT2D eigenvalue weighted by molar-refractivity contribution is 0.0701. The molecular weight excluding hydrogens is 266 g/mol. The molecule has 1 atom stereocenters. The summed E-state index contributed by atoms with van der Waals surface area (Å²) in [6.07, 6.45) is 5.13. The van der Waals surface area contributed by atoms with Crippen LogP contribution in [-0.2, 0) is 12.8 Å². The van der Waals surface area contributed by atoms with Crippen LogP contribution in [0.3, 0.4) is 0 Å². The minimum Gasteiger partial charge on any atom is -0.409 e. The Balaban J connectivity index is 1.75. The monoisotopic (exact) mass is 287 g/mol. The SMILES string of the molecule is NC(=NO)C1CCCN(C(=O)c2ccc3c(c2)CCC3)C1. The molecule has 1 heterocycles. The van der Waals surface area contributed by atoms with E-state index in [9.17, 15) is 4.79 Å². The Kier molecular flexibility index (Phi) is 3.82. The van der Waals surface area contributed by atoms with Crippen LogP contribution in [0, 0.1) is 5.92 Å². The number of amides is 1. The van der Waals surface area contributed by atoms with Crippen molar-refractivity contribution in [2.75, 3.05) is 13.1 Å². The number of fused-ring (bicyclic) bond motifs is 1. The third-order valence-electron chi connectivity index (χ3n) is 4.59. The Hall–Kier alpha value is -2.04. The molecule has 1 unspecified atom stereocenters. The fourth-order valence-electron chi connectivity index (χ4n) is 3.37. The van der Waals surface area contributed by atoms with Gasteiger partial charge in [0.25, 0.3) is 5.91 Å². The Morgan fingerprint density at radius 3 is 2.90 bits per heavy atom. The van der Waals surface area contributed by atoms with Crippen molar-refractivity contribution in [1.82, 2.24) is 4.90 Å². The van der Waals surface area contributed by atoms with E-state index >= 15 is 0 Å². The molecule has 1 aromatic rings. The number of hydrogen-bond donors (Lipinski definition) is 2. The highest BCUT2D eigenvalue weighted by Gasteiger charge is 2.27.